The van der Waals surface area contributed by atoms with E-state index in [1.54, 1.807) is 17.1 Å². The molecule has 5 nitrogen and oxygen atoms in total. The van der Waals surface area contributed by atoms with Crippen LogP contribution in [0.5, 0.6) is 0 Å². The van der Waals surface area contributed by atoms with Gasteiger partial charge in [0, 0.05) is 30.6 Å². The molecule has 1 unspecified atom stereocenters. The molecule has 0 aliphatic carbocycles. The molecular weight excluding hydrogens is 312 g/mol. The molecule has 0 fully saturated rings. The smallest absolute Gasteiger partial charge is 0.257 e. The highest BCUT2D eigenvalue weighted by atomic mass is 16.1. The van der Waals surface area contributed by atoms with Crippen molar-refractivity contribution in [1.82, 2.24) is 14.5 Å². The number of fused-ring (bicyclic) bond motifs is 1. The van der Waals surface area contributed by atoms with E-state index in [0.29, 0.717) is 0 Å². The number of benzene rings is 1. The molecule has 1 aliphatic heterocycles. The van der Waals surface area contributed by atoms with Crippen LogP contribution in [-0.2, 0) is 13.0 Å². The van der Waals surface area contributed by atoms with Crippen molar-refractivity contribution in [2.24, 2.45) is 4.99 Å². The van der Waals surface area contributed by atoms with Crippen LogP contribution in [-0.4, -0.2) is 33.8 Å². The number of likely N-dealkylation sites (N-methyl/N-ethyl adjacent to an activating group) is 1. The molecule has 1 aliphatic rings. The second kappa shape index (κ2) is 7.57. The van der Waals surface area contributed by atoms with E-state index in [1.807, 2.05) is 50.3 Å². The zero-order valence-electron chi connectivity index (χ0n) is 15.0. The zero-order chi connectivity index (χ0) is 17.8. The highest BCUT2D eigenvalue weighted by molar-refractivity contribution is 5.89. The summed E-state index contributed by atoms with van der Waals surface area (Å²) in [6.45, 7) is 5.50. The fourth-order valence-electron chi connectivity index (χ4n) is 3.25. The molecule has 0 saturated heterocycles. The minimum Gasteiger partial charge on any atom is -0.300 e. The number of aliphatic imine (C=N–C) groups is 1. The number of hydrogen-bond acceptors (Lipinski definition) is 4. The Morgan fingerprint density at radius 3 is 2.80 bits per heavy atom. The predicted octanol–water partition coefficient (Wildman–Crippen LogP) is 2.82. The third kappa shape index (κ3) is 3.61. The largest absolute Gasteiger partial charge is 0.300 e. The van der Waals surface area contributed by atoms with Crippen LogP contribution >= 0.6 is 0 Å². The van der Waals surface area contributed by atoms with Gasteiger partial charge in [-0.3, -0.25) is 14.4 Å². The van der Waals surface area contributed by atoms with Crippen LogP contribution in [0.25, 0.3) is 0 Å². The minimum atomic E-state index is -0.248. The van der Waals surface area contributed by atoms with E-state index in [-0.39, 0.29) is 11.6 Å². The molecule has 5 heteroatoms. The number of aromatic nitrogens is 2. The summed E-state index contributed by atoms with van der Waals surface area (Å²) in [4.78, 5) is 24.4. The van der Waals surface area contributed by atoms with Crippen LogP contribution in [0.1, 0.15) is 36.7 Å². The second-order valence-electron chi connectivity index (χ2n) is 6.44. The first-order chi connectivity index (χ1) is 12.1. The summed E-state index contributed by atoms with van der Waals surface area (Å²) >= 11 is 0. The number of nitrogens with zero attached hydrogens (tertiary/aromatic N) is 4. The Bertz CT molecular complexity index is 852. The van der Waals surface area contributed by atoms with Crippen molar-refractivity contribution in [3.8, 4) is 0 Å². The summed E-state index contributed by atoms with van der Waals surface area (Å²) in [6.07, 6.45) is 6.06. The molecule has 0 amide bonds. The van der Waals surface area contributed by atoms with Gasteiger partial charge in [-0.2, -0.15) is 0 Å². The fraction of sp³-hybridized carbons (Fsp3) is 0.350. The standard InChI is InChI=1S/C20H24N4O/c1-4-11-21-15(2)19(16-8-6-5-7-9-16)24-14-22-18-13-23(3)12-10-17(18)20(24)25/h4-9,11,14,19H,10,12-13H2,1-3H3/b11-4-,21-15?. The molecule has 1 atom stereocenters. The lowest BCUT2D eigenvalue weighted by molar-refractivity contribution is 0.304. The minimum absolute atomic E-state index is 0.0435. The first-order valence-corrected chi connectivity index (χ1v) is 8.59. The Kier molecular flexibility index (Phi) is 5.24. The van der Waals surface area contributed by atoms with Gasteiger partial charge in [-0.25, -0.2) is 4.98 Å². The van der Waals surface area contributed by atoms with E-state index < -0.39 is 0 Å². The molecular formula is C20H24N4O. The first-order valence-electron chi connectivity index (χ1n) is 8.59. The van der Waals surface area contributed by atoms with E-state index >= 15 is 0 Å². The van der Waals surface area contributed by atoms with Gasteiger partial charge in [-0.1, -0.05) is 36.4 Å². The van der Waals surface area contributed by atoms with Crippen LogP contribution in [0.2, 0.25) is 0 Å². The fourth-order valence-corrected chi connectivity index (χ4v) is 3.25. The molecule has 0 spiro atoms. The van der Waals surface area contributed by atoms with Crippen LogP contribution < -0.4 is 5.56 Å². The highest BCUT2D eigenvalue weighted by Gasteiger charge is 2.24. The van der Waals surface area contributed by atoms with Crippen molar-refractivity contribution >= 4 is 5.71 Å². The monoisotopic (exact) mass is 336 g/mol. The predicted molar refractivity (Wildman–Crippen MR) is 101 cm³/mol. The lowest BCUT2D eigenvalue weighted by atomic mass is 10.0. The van der Waals surface area contributed by atoms with Crippen molar-refractivity contribution in [2.45, 2.75) is 32.9 Å². The lowest BCUT2D eigenvalue weighted by Crippen LogP contribution is -2.38. The summed E-state index contributed by atoms with van der Waals surface area (Å²) in [6, 6.07) is 9.75. The Labute approximate surface area is 148 Å². The van der Waals surface area contributed by atoms with Crippen molar-refractivity contribution in [3.63, 3.8) is 0 Å². The third-order valence-corrected chi connectivity index (χ3v) is 4.56. The topological polar surface area (TPSA) is 50.5 Å². The molecule has 0 saturated carbocycles. The molecule has 130 valence electrons. The quantitative estimate of drug-likeness (QED) is 0.807. The number of allylic oxidation sites excluding steroid dienone is 1. The molecule has 2 heterocycles. The average molecular weight is 336 g/mol. The highest BCUT2D eigenvalue weighted by Crippen LogP contribution is 2.20. The van der Waals surface area contributed by atoms with E-state index in [1.165, 1.54) is 0 Å². The van der Waals surface area contributed by atoms with Gasteiger partial charge in [0.15, 0.2) is 0 Å². The van der Waals surface area contributed by atoms with Gasteiger partial charge < -0.3 is 4.90 Å². The zero-order valence-corrected chi connectivity index (χ0v) is 15.0. The van der Waals surface area contributed by atoms with Gasteiger partial charge in [0.25, 0.3) is 5.56 Å². The summed E-state index contributed by atoms with van der Waals surface area (Å²) < 4.78 is 1.72. The molecule has 25 heavy (non-hydrogen) atoms. The van der Waals surface area contributed by atoms with Crippen LogP contribution in [0.3, 0.4) is 0 Å². The first kappa shape index (κ1) is 17.3. The second-order valence-corrected chi connectivity index (χ2v) is 6.44. The van der Waals surface area contributed by atoms with Crippen molar-refractivity contribution < 1.29 is 0 Å². The lowest BCUT2D eigenvalue weighted by Gasteiger charge is -2.26. The molecule has 3 rings (SSSR count). The van der Waals surface area contributed by atoms with Gasteiger partial charge in [0.2, 0.25) is 0 Å². The number of rotatable bonds is 4. The van der Waals surface area contributed by atoms with E-state index in [9.17, 15) is 4.79 Å². The van der Waals surface area contributed by atoms with Crippen molar-refractivity contribution in [1.29, 1.82) is 0 Å². The summed E-state index contributed by atoms with van der Waals surface area (Å²) in [5, 5.41) is 0. The normalized spacial score (nSPS) is 16.8. The summed E-state index contributed by atoms with van der Waals surface area (Å²) in [7, 11) is 2.05. The van der Waals surface area contributed by atoms with E-state index in [0.717, 1.165) is 42.0 Å². The van der Waals surface area contributed by atoms with Crippen molar-refractivity contribution in [2.75, 3.05) is 13.6 Å². The van der Waals surface area contributed by atoms with Gasteiger partial charge in [-0.15, -0.1) is 0 Å². The Balaban J connectivity index is 2.13. The molecule has 2 aromatic rings. The Hall–Kier alpha value is -2.53. The molecule has 0 N–H and O–H groups in total. The third-order valence-electron chi connectivity index (χ3n) is 4.56. The van der Waals surface area contributed by atoms with Gasteiger partial charge >= 0.3 is 0 Å². The van der Waals surface area contributed by atoms with Crippen LogP contribution in [0.15, 0.2) is 58.7 Å². The maximum atomic E-state index is 13.1. The maximum absolute atomic E-state index is 13.1. The van der Waals surface area contributed by atoms with Crippen LogP contribution in [0, 0.1) is 0 Å². The number of hydrogen-bond donors (Lipinski definition) is 0. The summed E-state index contributed by atoms with van der Waals surface area (Å²) in [5.41, 5.74) is 3.67. The Morgan fingerprint density at radius 2 is 2.08 bits per heavy atom. The van der Waals surface area contributed by atoms with Crippen LogP contribution in [0.4, 0.5) is 0 Å². The van der Waals surface area contributed by atoms with Crippen molar-refractivity contribution in [3.05, 3.63) is 76.1 Å². The SMILES string of the molecule is C/C=C\N=C(C)C(c1ccccc1)n1cnc2c(c1=O)CCN(C)C2. The Morgan fingerprint density at radius 1 is 1.32 bits per heavy atom. The van der Waals surface area contributed by atoms with E-state index in [2.05, 4.69) is 21.9 Å². The summed E-state index contributed by atoms with van der Waals surface area (Å²) in [5.74, 6) is 0. The molecule has 0 bridgehead atoms. The van der Waals surface area contributed by atoms with Gasteiger partial charge in [-0.05, 0) is 32.9 Å². The molecule has 1 aromatic heterocycles. The molecule has 0 radical (unpaired) electrons. The molecule has 1 aromatic carbocycles. The van der Waals surface area contributed by atoms with Gasteiger partial charge in [0.1, 0.15) is 6.04 Å². The van der Waals surface area contributed by atoms with Gasteiger partial charge in [0.05, 0.1) is 12.0 Å². The maximum Gasteiger partial charge on any atom is 0.257 e. The average Bonchev–Trinajstić information content (AvgIpc) is 2.63. The van der Waals surface area contributed by atoms with E-state index in [4.69, 9.17) is 0 Å².